The lowest BCUT2D eigenvalue weighted by Crippen LogP contribution is -2.20. The summed E-state index contributed by atoms with van der Waals surface area (Å²) in [6.45, 7) is 4.44. The highest BCUT2D eigenvalue weighted by Gasteiger charge is 1.94. The van der Waals surface area contributed by atoms with Crippen molar-refractivity contribution in [2.45, 2.75) is 13.5 Å². The van der Waals surface area contributed by atoms with Crippen molar-refractivity contribution in [1.82, 2.24) is 10.3 Å². The molecular weight excluding hydrogens is 212 g/mol. The zero-order chi connectivity index (χ0) is 11.9. The summed E-state index contributed by atoms with van der Waals surface area (Å²) in [6.07, 6.45) is 1.93. The van der Waals surface area contributed by atoms with Crippen molar-refractivity contribution in [3.8, 4) is 5.75 Å². The highest BCUT2D eigenvalue weighted by molar-refractivity contribution is 5.27. The van der Waals surface area contributed by atoms with Gasteiger partial charge in [0.1, 0.15) is 12.4 Å². The van der Waals surface area contributed by atoms with Crippen LogP contribution in [0, 0.1) is 6.92 Å². The molecule has 0 spiro atoms. The fourth-order valence-corrected chi connectivity index (χ4v) is 1.65. The first-order valence-electron chi connectivity index (χ1n) is 5.87. The summed E-state index contributed by atoms with van der Waals surface area (Å²) in [5.74, 6) is 0.937. The van der Waals surface area contributed by atoms with Crippen molar-refractivity contribution in [3.05, 3.63) is 53.9 Å². The molecule has 0 saturated carbocycles. The van der Waals surface area contributed by atoms with Crippen molar-refractivity contribution >= 4 is 0 Å². The maximum Gasteiger partial charge on any atom is 0.119 e. The van der Waals surface area contributed by atoms with Crippen LogP contribution in [0.3, 0.4) is 0 Å². The van der Waals surface area contributed by atoms with Crippen molar-refractivity contribution in [2.24, 2.45) is 0 Å². The molecule has 1 aromatic heterocycles. The highest BCUT2D eigenvalue weighted by Crippen LogP contribution is 2.11. The van der Waals surface area contributed by atoms with Gasteiger partial charge in [-0.25, -0.2) is 0 Å². The molecule has 3 heteroatoms. The topological polar surface area (TPSA) is 37.0 Å². The van der Waals surface area contributed by atoms with Crippen LogP contribution in [0.15, 0.2) is 42.6 Å². The predicted molar refractivity (Wildman–Crippen MR) is 69.2 cm³/mol. The standard InChI is InChI=1S/C14H18N2O/c1-12-4-2-6-14(10-12)17-9-8-15-11-13-5-3-7-16-13/h2-7,10,15-16H,8-9,11H2,1H3. The Morgan fingerprint density at radius 2 is 2.18 bits per heavy atom. The van der Waals surface area contributed by atoms with Gasteiger partial charge >= 0.3 is 0 Å². The lowest BCUT2D eigenvalue weighted by Gasteiger charge is -2.07. The van der Waals surface area contributed by atoms with E-state index in [1.54, 1.807) is 0 Å². The molecule has 0 fully saturated rings. The number of aromatic amines is 1. The van der Waals surface area contributed by atoms with Crippen LogP contribution < -0.4 is 10.1 Å². The summed E-state index contributed by atoms with van der Waals surface area (Å²) in [5.41, 5.74) is 2.42. The van der Waals surface area contributed by atoms with Crippen LogP contribution in [0.4, 0.5) is 0 Å². The van der Waals surface area contributed by atoms with Gasteiger partial charge in [0.25, 0.3) is 0 Å². The zero-order valence-electron chi connectivity index (χ0n) is 10.1. The predicted octanol–water partition coefficient (Wildman–Crippen LogP) is 2.49. The summed E-state index contributed by atoms with van der Waals surface area (Å²) >= 11 is 0. The Morgan fingerprint density at radius 1 is 1.24 bits per heavy atom. The van der Waals surface area contributed by atoms with Gasteiger partial charge in [0.05, 0.1) is 0 Å². The van der Waals surface area contributed by atoms with E-state index in [1.165, 1.54) is 11.3 Å². The largest absolute Gasteiger partial charge is 0.492 e. The minimum Gasteiger partial charge on any atom is -0.492 e. The Morgan fingerprint density at radius 3 is 2.94 bits per heavy atom. The van der Waals surface area contributed by atoms with Gasteiger partial charge in [-0.1, -0.05) is 12.1 Å². The SMILES string of the molecule is Cc1cccc(OCCNCc2ccc[nH]2)c1. The number of H-pyrrole nitrogens is 1. The first-order chi connectivity index (χ1) is 8.34. The summed E-state index contributed by atoms with van der Waals surface area (Å²) in [6, 6.07) is 12.2. The van der Waals surface area contributed by atoms with Crippen LogP contribution in [-0.2, 0) is 6.54 Å². The normalized spacial score (nSPS) is 10.4. The molecule has 0 aliphatic heterocycles. The maximum atomic E-state index is 5.63. The molecule has 0 atom stereocenters. The molecule has 3 nitrogen and oxygen atoms in total. The molecule has 0 saturated heterocycles. The quantitative estimate of drug-likeness (QED) is 0.748. The van der Waals surface area contributed by atoms with Crippen LogP contribution >= 0.6 is 0 Å². The van der Waals surface area contributed by atoms with Gasteiger partial charge in [-0.05, 0) is 36.8 Å². The first-order valence-corrected chi connectivity index (χ1v) is 5.87. The van der Waals surface area contributed by atoms with Gasteiger partial charge in [-0.2, -0.15) is 0 Å². The molecule has 90 valence electrons. The van der Waals surface area contributed by atoms with Crippen LogP contribution in [-0.4, -0.2) is 18.1 Å². The van der Waals surface area contributed by atoms with Crippen LogP contribution in [0.25, 0.3) is 0 Å². The Labute approximate surface area is 102 Å². The Kier molecular flexibility index (Phi) is 4.22. The van der Waals surface area contributed by atoms with Gasteiger partial charge in [-0.3, -0.25) is 0 Å². The van der Waals surface area contributed by atoms with E-state index in [4.69, 9.17) is 4.74 Å². The third kappa shape index (κ3) is 3.96. The number of rotatable bonds is 6. The maximum absolute atomic E-state index is 5.63. The fraction of sp³-hybridized carbons (Fsp3) is 0.286. The molecule has 1 heterocycles. The van der Waals surface area contributed by atoms with E-state index in [2.05, 4.69) is 29.4 Å². The second kappa shape index (κ2) is 6.11. The minimum atomic E-state index is 0.685. The van der Waals surface area contributed by atoms with Crippen LogP contribution in [0.2, 0.25) is 0 Å². The van der Waals surface area contributed by atoms with Gasteiger partial charge in [-0.15, -0.1) is 0 Å². The number of nitrogens with one attached hydrogen (secondary N) is 2. The van der Waals surface area contributed by atoms with E-state index in [9.17, 15) is 0 Å². The Balaban J connectivity index is 1.63. The monoisotopic (exact) mass is 230 g/mol. The highest BCUT2D eigenvalue weighted by atomic mass is 16.5. The molecule has 0 aliphatic rings. The molecule has 1 aromatic carbocycles. The van der Waals surface area contributed by atoms with Crippen LogP contribution in [0.1, 0.15) is 11.3 Å². The van der Waals surface area contributed by atoms with E-state index in [0.29, 0.717) is 6.61 Å². The third-order valence-corrected chi connectivity index (χ3v) is 2.51. The number of ether oxygens (including phenoxy) is 1. The number of hydrogen-bond acceptors (Lipinski definition) is 2. The van der Waals surface area contributed by atoms with E-state index < -0.39 is 0 Å². The van der Waals surface area contributed by atoms with E-state index in [0.717, 1.165) is 18.8 Å². The summed E-state index contributed by atoms with van der Waals surface area (Å²) in [5, 5.41) is 3.32. The number of aromatic nitrogens is 1. The second-order valence-corrected chi connectivity index (χ2v) is 4.04. The molecule has 0 aliphatic carbocycles. The average molecular weight is 230 g/mol. The zero-order valence-corrected chi connectivity index (χ0v) is 10.1. The lowest BCUT2D eigenvalue weighted by molar-refractivity contribution is 0.313. The van der Waals surface area contributed by atoms with Gasteiger partial charge in [0, 0.05) is 25.0 Å². The summed E-state index contributed by atoms with van der Waals surface area (Å²) < 4.78 is 5.63. The molecule has 0 bridgehead atoms. The summed E-state index contributed by atoms with van der Waals surface area (Å²) in [7, 11) is 0. The number of aryl methyl sites for hydroxylation is 1. The second-order valence-electron chi connectivity index (χ2n) is 4.04. The van der Waals surface area contributed by atoms with E-state index >= 15 is 0 Å². The average Bonchev–Trinajstić information content (AvgIpc) is 2.82. The molecule has 0 radical (unpaired) electrons. The number of hydrogen-bond donors (Lipinski definition) is 2. The minimum absolute atomic E-state index is 0.685. The molecule has 2 aromatic rings. The first kappa shape index (κ1) is 11.7. The fourth-order valence-electron chi connectivity index (χ4n) is 1.65. The molecule has 0 unspecified atom stereocenters. The Hall–Kier alpha value is -1.74. The molecular formula is C14H18N2O. The molecule has 0 amide bonds. The lowest BCUT2D eigenvalue weighted by atomic mass is 10.2. The van der Waals surface area contributed by atoms with Crippen molar-refractivity contribution in [2.75, 3.05) is 13.2 Å². The number of benzene rings is 1. The van der Waals surface area contributed by atoms with Crippen molar-refractivity contribution < 1.29 is 4.74 Å². The smallest absolute Gasteiger partial charge is 0.119 e. The van der Waals surface area contributed by atoms with Crippen LogP contribution in [0.5, 0.6) is 5.75 Å². The third-order valence-electron chi connectivity index (χ3n) is 2.51. The summed E-state index contributed by atoms with van der Waals surface area (Å²) in [4.78, 5) is 3.15. The molecule has 2 rings (SSSR count). The van der Waals surface area contributed by atoms with Gasteiger partial charge in [0.15, 0.2) is 0 Å². The van der Waals surface area contributed by atoms with Gasteiger partial charge in [0.2, 0.25) is 0 Å². The van der Waals surface area contributed by atoms with Gasteiger partial charge < -0.3 is 15.0 Å². The molecule has 17 heavy (non-hydrogen) atoms. The van der Waals surface area contributed by atoms with E-state index in [-0.39, 0.29) is 0 Å². The van der Waals surface area contributed by atoms with Crippen molar-refractivity contribution in [3.63, 3.8) is 0 Å². The van der Waals surface area contributed by atoms with Crippen molar-refractivity contribution in [1.29, 1.82) is 0 Å². The molecule has 2 N–H and O–H groups in total. The van der Waals surface area contributed by atoms with E-state index in [1.807, 2.05) is 30.5 Å². The Bertz CT molecular complexity index is 437.